The molecule has 33 heavy (non-hydrogen) atoms. The van der Waals surface area contributed by atoms with Gasteiger partial charge in [-0.15, -0.1) is 0 Å². The van der Waals surface area contributed by atoms with Crippen LogP contribution in [-0.4, -0.2) is 55.5 Å². The molecule has 0 spiro atoms. The molecular formula is C25H30N2O6. The predicted octanol–water partition coefficient (Wildman–Crippen LogP) is 3.30. The number of methoxy groups -OCH3 is 1. The lowest BCUT2D eigenvalue weighted by molar-refractivity contribution is -0.137. The molecule has 0 bridgehead atoms. The Kier molecular flexibility index (Phi) is 8.43. The van der Waals surface area contributed by atoms with E-state index >= 15 is 0 Å². The van der Waals surface area contributed by atoms with Gasteiger partial charge in [0, 0.05) is 32.1 Å². The molecule has 0 heterocycles. The van der Waals surface area contributed by atoms with Crippen molar-refractivity contribution in [3.05, 3.63) is 59.7 Å². The van der Waals surface area contributed by atoms with Gasteiger partial charge in [0.25, 0.3) is 0 Å². The van der Waals surface area contributed by atoms with Gasteiger partial charge in [0.2, 0.25) is 5.91 Å². The highest BCUT2D eigenvalue weighted by atomic mass is 16.5. The number of alkyl carbamates (subject to hydrolysis) is 1. The molecule has 0 saturated heterocycles. The van der Waals surface area contributed by atoms with Crippen molar-refractivity contribution in [1.29, 1.82) is 0 Å². The maximum Gasteiger partial charge on any atom is 0.407 e. The minimum absolute atomic E-state index is 0.0885. The van der Waals surface area contributed by atoms with E-state index in [0.29, 0.717) is 6.42 Å². The zero-order valence-corrected chi connectivity index (χ0v) is 18.9. The third-order valence-corrected chi connectivity index (χ3v) is 5.82. The summed E-state index contributed by atoms with van der Waals surface area (Å²) < 4.78 is 10.6. The molecule has 0 fully saturated rings. The fourth-order valence-corrected chi connectivity index (χ4v) is 4.10. The first kappa shape index (κ1) is 24.3. The Labute approximate surface area is 193 Å². The molecule has 8 heteroatoms. The zero-order valence-electron chi connectivity index (χ0n) is 18.9. The van der Waals surface area contributed by atoms with E-state index in [1.54, 1.807) is 6.92 Å². The number of carbonyl (C=O) groups excluding carboxylic acids is 2. The number of benzene rings is 2. The second-order valence-electron chi connectivity index (χ2n) is 8.02. The maximum absolute atomic E-state index is 12.7. The fourth-order valence-electron chi connectivity index (χ4n) is 4.10. The fraction of sp³-hybridized carbons (Fsp3) is 0.400. The molecule has 3 rings (SSSR count). The summed E-state index contributed by atoms with van der Waals surface area (Å²) in [5.74, 6) is -1.55. The number of fused-ring (bicyclic) bond motifs is 3. The molecule has 1 aliphatic carbocycles. The summed E-state index contributed by atoms with van der Waals surface area (Å²) in [6.45, 7) is 2.17. The van der Waals surface area contributed by atoms with Crippen molar-refractivity contribution in [1.82, 2.24) is 10.6 Å². The first-order valence-corrected chi connectivity index (χ1v) is 11.1. The number of ether oxygens (including phenoxy) is 2. The predicted molar refractivity (Wildman–Crippen MR) is 123 cm³/mol. The Morgan fingerprint density at radius 2 is 1.61 bits per heavy atom. The highest BCUT2D eigenvalue weighted by Crippen LogP contribution is 2.44. The molecule has 3 N–H and O–H groups in total. The van der Waals surface area contributed by atoms with Crippen LogP contribution in [0.2, 0.25) is 0 Å². The lowest BCUT2D eigenvalue weighted by atomic mass is 9.98. The molecule has 0 aliphatic heterocycles. The molecule has 2 unspecified atom stereocenters. The SMILES string of the molecule is CCC(CC(=O)O)NC(=O)C(CCOC)NC(=O)OCC1c2ccccc2-c2ccccc21. The summed E-state index contributed by atoms with van der Waals surface area (Å²) in [5.41, 5.74) is 4.45. The molecule has 8 nitrogen and oxygen atoms in total. The average molecular weight is 455 g/mol. The van der Waals surface area contributed by atoms with E-state index in [1.807, 2.05) is 36.4 Å². The minimum atomic E-state index is -1.000. The van der Waals surface area contributed by atoms with Gasteiger partial charge in [-0.2, -0.15) is 0 Å². The first-order valence-electron chi connectivity index (χ1n) is 11.1. The van der Waals surface area contributed by atoms with Crippen LogP contribution >= 0.6 is 0 Å². The Morgan fingerprint density at radius 3 is 2.15 bits per heavy atom. The van der Waals surface area contributed by atoms with Crippen LogP contribution in [0.4, 0.5) is 4.79 Å². The van der Waals surface area contributed by atoms with Crippen molar-refractivity contribution in [2.24, 2.45) is 0 Å². The summed E-state index contributed by atoms with van der Waals surface area (Å²) in [6, 6.07) is 14.6. The maximum atomic E-state index is 12.7. The van der Waals surface area contributed by atoms with Crippen molar-refractivity contribution < 1.29 is 29.0 Å². The molecule has 2 aromatic rings. The van der Waals surface area contributed by atoms with Gasteiger partial charge in [0.05, 0.1) is 6.42 Å². The number of carboxylic acids is 1. The van der Waals surface area contributed by atoms with Crippen molar-refractivity contribution in [2.75, 3.05) is 20.3 Å². The van der Waals surface area contributed by atoms with Gasteiger partial charge in [-0.1, -0.05) is 55.5 Å². The van der Waals surface area contributed by atoms with Gasteiger partial charge >= 0.3 is 12.1 Å². The number of nitrogens with one attached hydrogen (secondary N) is 2. The van der Waals surface area contributed by atoms with Crippen LogP contribution in [0.5, 0.6) is 0 Å². The Balaban J connectivity index is 1.64. The third-order valence-electron chi connectivity index (χ3n) is 5.82. The highest BCUT2D eigenvalue weighted by Gasteiger charge is 2.30. The lowest BCUT2D eigenvalue weighted by Crippen LogP contribution is -2.50. The van der Waals surface area contributed by atoms with Gasteiger partial charge in [-0.25, -0.2) is 4.79 Å². The third kappa shape index (κ3) is 6.10. The average Bonchev–Trinajstić information content (AvgIpc) is 3.13. The summed E-state index contributed by atoms with van der Waals surface area (Å²) in [5, 5.41) is 14.3. The van der Waals surface area contributed by atoms with Crippen molar-refractivity contribution >= 4 is 18.0 Å². The van der Waals surface area contributed by atoms with Crippen molar-refractivity contribution in [3.8, 4) is 11.1 Å². The van der Waals surface area contributed by atoms with E-state index in [4.69, 9.17) is 14.6 Å². The highest BCUT2D eigenvalue weighted by molar-refractivity contribution is 5.86. The summed E-state index contributed by atoms with van der Waals surface area (Å²) in [4.78, 5) is 36.3. The van der Waals surface area contributed by atoms with Crippen molar-refractivity contribution in [2.45, 2.75) is 44.2 Å². The number of carbonyl (C=O) groups is 3. The second kappa shape index (κ2) is 11.5. The van der Waals surface area contributed by atoms with Gasteiger partial charge in [0.1, 0.15) is 12.6 Å². The molecule has 2 aromatic carbocycles. The summed E-state index contributed by atoms with van der Waals surface area (Å²) in [6.07, 6.45) is -0.209. The zero-order chi connectivity index (χ0) is 23.8. The summed E-state index contributed by atoms with van der Waals surface area (Å²) >= 11 is 0. The van der Waals surface area contributed by atoms with Crippen LogP contribution < -0.4 is 10.6 Å². The topological polar surface area (TPSA) is 114 Å². The molecule has 2 amide bonds. The van der Waals surface area contributed by atoms with Crippen LogP contribution in [0.15, 0.2) is 48.5 Å². The van der Waals surface area contributed by atoms with Gasteiger partial charge in [0.15, 0.2) is 0 Å². The van der Waals surface area contributed by atoms with Crippen LogP contribution in [0, 0.1) is 0 Å². The van der Waals surface area contributed by atoms with E-state index in [2.05, 4.69) is 22.8 Å². The van der Waals surface area contributed by atoms with E-state index in [9.17, 15) is 14.4 Å². The smallest absolute Gasteiger partial charge is 0.407 e. The van der Waals surface area contributed by atoms with Gasteiger partial charge in [-0.05, 0) is 28.7 Å². The number of hydrogen-bond acceptors (Lipinski definition) is 5. The van der Waals surface area contributed by atoms with Crippen LogP contribution in [0.3, 0.4) is 0 Å². The number of hydrogen-bond donors (Lipinski definition) is 3. The quantitative estimate of drug-likeness (QED) is 0.480. The molecule has 176 valence electrons. The van der Waals surface area contributed by atoms with Crippen LogP contribution in [0.25, 0.3) is 11.1 Å². The first-order chi connectivity index (χ1) is 15.9. The number of amides is 2. The second-order valence-corrected chi connectivity index (χ2v) is 8.02. The summed E-state index contributed by atoms with van der Waals surface area (Å²) in [7, 11) is 1.50. The molecule has 0 aromatic heterocycles. The Hall–Kier alpha value is -3.39. The number of carboxylic acid groups (broad SMARTS) is 1. The molecule has 2 atom stereocenters. The minimum Gasteiger partial charge on any atom is -0.481 e. The van der Waals surface area contributed by atoms with E-state index < -0.39 is 30.1 Å². The molecule has 0 saturated carbocycles. The van der Waals surface area contributed by atoms with E-state index in [-0.39, 0.29) is 32.0 Å². The van der Waals surface area contributed by atoms with Crippen molar-refractivity contribution in [3.63, 3.8) is 0 Å². The standard InChI is InChI=1S/C25H30N2O6/c1-3-16(14-23(28)29)26-24(30)22(12-13-32-2)27-25(31)33-15-21-19-10-6-4-8-17(19)18-9-5-7-11-20(18)21/h4-11,16,21-22H,3,12-15H2,1-2H3,(H,26,30)(H,27,31)(H,28,29). The van der Waals surface area contributed by atoms with E-state index in [1.165, 1.54) is 7.11 Å². The molecule has 0 radical (unpaired) electrons. The lowest BCUT2D eigenvalue weighted by Gasteiger charge is -2.22. The monoisotopic (exact) mass is 454 g/mol. The van der Waals surface area contributed by atoms with Gasteiger partial charge < -0.3 is 25.2 Å². The number of aliphatic carboxylic acids is 1. The molecule has 1 aliphatic rings. The Morgan fingerprint density at radius 1 is 1.00 bits per heavy atom. The largest absolute Gasteiger partial charge is 0.481 e. The van der Waals surface area contributed by atoms with Crippen LogP contribution in [0.1, 0.15) is 43.2 Å². The van der Waals surface area contributed by atoms with Gasteiger partial charge in [-0.3, -0.25) is 9.59 Å². The normalized spacial score (nSPS) is 14.0. The van der Waals surface area contributed by atoms with E-state index in [0.717, 1.165) is 22.3 Å². The Bertz CT molecular complexity index is 947. The molecular weight excluding hydrogens is 424 g/mol. The van der Waals surface area contributed by atoms with Crippen LogP contribution in [-0.2, 0) is 19.1 Å². The number of rotatable bonds is 11.